The van der Waals surface area contributed by atoms with Crippen LogP contribution in [0.4, 0.5) is 5.69 Å². The number of hydrogen-bond donors (Lipinski definition) is 2. The molecule has 5 aromatic rings. The molecule has 2 aromatic carbocycles. The van der Waals surface area contributed by atoms with Gasteiger partial charge >= 0.3 is 5.97 Å². The lowest BCUT2D eigenvalue weighted by Gasteiger charge is -2.21. The average Bonchev–Trinajstić information content (AvgIpc) is 3.25. The summed E-state index contributed by atoms with van der Waals surface area (Å²) in [6.07, 6.45) is 0. The molecule has 0 aliphatic carbocycles. The summed E-state index contributed by atoms with van der Waals surface area (Å²) in [5.41, 5.74) is 7.29. The zero-order valence-electron chi connectivity index (χ0n) is 22.2. The van der Waals surface area contributed by atoms with Gasteiger partial charge in [0.1, 0.15) is 16.7 Å². The molecule has 0 radical (unpaired) electrons. The van der Waals surface area contributed by atoms with Crippen LogP contribution in [-0.4, -0.2) is 33.3 Å². The molecule has 0 saturated heterocycles. The van der Waals surface area contributed by atoms with E-state index in [9.17, 15) is 9.90 Å². The van der Waals surface area contributed by atoms with E-state index in [0.29, 0.717) is 11.4 Å². The first-order valence-electron chi connectivity index (χ1n) is 12.4. The van der Waals surface area contributed by atoms with E-state index in [2.05, 4.69) is 27.6 Å². The molecule has 0 unspecified atom stereocenters. The highest BCUT2D eigenvalue weighted by Crippen LogP contribution is 2.39. The van der Waals surface area contributed by atoms with Crippen LogP contribution in [0.3, 0.4) is 0 Å². The van der Waals surface area contributed by atoms with Crippen LogP contribution in [0, 0.1) is 20.8 Å². The molecule has 0 spiro atoms. The van der Waals surface area contributed by atoms with Gasteiger partial charge in [0, 0.05) is 17.0 Å². The summed E-state index contributed by atoms with van der Waals surface area (Å²) >= 11 is 5.96. The van der Waals surface area contributed by atoms with Crippen LogP contribution in [-0.2, 0) is 0 Å². The minimum atomic E-state index is -1.16. The first-order chi connectivity index (χ1) is 18.7. The Morgan fingerprint density at radius 1 is 1.05 bits per heavy atom. The molecule has 198 valence electrons. The molecule has 0 saturated carbocycles. The minimum Gasteiger partial charge on any atom is -0.497 e. The fourth-order valence-corrected chi connectivity index (χ4v) is 4.98. The van der Waals surface area contributed by atoms with Crippen LogP contribution in [0.25, 0.3) is 33.3 Å². The number of carboxylic acids is 1. The van der Waals surface area contributed by atoms with Crippen molar-refractivity contribution >= 4 is 34.2 Å². The summed E-state index contributed by atoms with van der Waals surface area (Å²) in [6.45, 7) is 7.77. The van der Waals surface area contributed by atoms with Gasteiger partial charge in [0.15, 0.2) is 5.69 Å². The number of pyridine rings is 2. The highest BCUT2D eigenvalue weighted by atomic mass is 35.5. The molecule has 5 rings (SSSR count). The molecule has 8 nitrogen and oxygen atoms in total. The van der Waals surface area contributed by atoms with Crippen molar-refractivity contribution in [2.24, 2.45) is 0 Å². The number of hydrogen-bond acceptors (Lipinski definition) is 7. The van der Waals surface area contributed by atoms with Crippen molar-refractivity contribution in [2.75, 3.05) is 12.4 Å². The number of halogens is 1. The molecule has 0 aliphatic rings. The van der Waals surface area contributed by atoms with Crippen LogP contribution < -0.4 is 10.1 Å². The predicted molar refractivity (Wildman–Crippen MR) is 152 cm³/mol. The van der Waals surface area contributed by atoms with Gasteiger partial charge in [-0.1, -0.05) is 35.0 Å². The van der Waals surface area contributed by atoms with Gasteiger partial charge in [-0.15, -0.1) is 0 Å². The van der Waals surface area contributed by atoms with E-state index < -0.39 is 5.97 Å². The maximum atomic E-state index is 11.8. The second-order valence-corrected chi connectivity index (χ2v) is 9.82. The van der Waals surface area contributed by atoms with Gasteiger partial charge in [-0.25, -0.2) is 14.8 Å². The molecule has 0 aliphatic heterocycles. The van der Waals surface area contributed by atoms with Gasteiger partial charge in [-0.05, 0) is 80.8 Å². The second-order valence-electron chi connectivity index (χ2n) is 9.43. The second kappa shape index (κ2) is 10.4. The number of ether oxygens (including phenoxy) is 1. The number of methoxy groups -OCH3 is 1. The van der Waals surface area contributed by atoms with E-state index in [0.717, 1.165) is 55.9 Å². The Hall–Kier alpha value is -4.43. The van der Waals surface area contributed by atoms with Gasteiger partial charge in [-0.2, -0.15) is 0 Å². The Labute approximate surface area is 230 Å². The van der Waals surface area contributed by atoms with Crippen LogP contribution in [0.1, 0.15) is 46.0 Å². The van der Waals surface area contributed by atoms with Crippen LogP contribution in [0.5, 0.6) is 5.75 Å². The number of aromatic nitrogens is 3. The number of fused-ring (bicyclic) bond motifs is 1. The van der Waals surface area contributed by atoms with E-state index in [1.807, 2.05) is 58.0 Å². The predicted octanol–water partition coefficient (Wildman–Crippen LogP) is 7.41. The van der Waals surface area contributed by atoms with Crippen LogP contribution >= 0.6 is 11.6 Å². The number of anilines is 1. The Bertz CT molecular complexity index is 1690. The number of rotatable bonds is 7. The van der Waals surface area contributed by atoms with E-state index >= 15 is 0 Å². The summed E-state index contributed by atoms with van der Waals surface area (Å²) in [6, 6.07) is 17.0. The number of carboxylic acid groups (broad SMARTS) is 1. The molecule has 1 atom stereocenters. The first-order valence-corrected chi connectivity index (χ1v) is 12.7. The molecule has 3 heterocycles. The van der Waals surface area contributed by atoms with E-state index in [4.69, 9.17) is 25.8 Å². The molecule has 0 fully saturated rings. The summed E-state index contributed by atoms with van der Waals surface area (Å²) in [4.78, 5) is 21.0. The Balaban J connectivity index is 1.71. The minimum absolute atomic E-state index is 0.117. The molecule has 3 aromatic heterocycles. The standard InChI is InChI=1S/C30H27ClN4O4/c1-15-12-21(16(2)32-24-10-11-26(31)34-29(24)30(36)37)23-14-22(19-6-8-20(38-5)9-7-19)28(33-25(23)13-15)27-17(3)35-39-18(27)4/h6-14,16,32H,1-5H3,(H,36,37)/t16-/m1/s1. The maximum Gasteiger partial charge on any atom is 0.356 e. The number of benzene rings is 2. The van der Waals surface area contributed by atoms with Crippen molar-refractivity contribution in [1.82, 2.24) is 15.1 Å². The Morgan fingerprint density at radius 2 is 1.79 bits per heavy atom. The Morgan fingerprint density at radius 3 is 2.44 bits per heavy atom. The zero-order valence-corrected chi connectivity index (χ0v) is 22.9. The SMILES string of the molecule is COc1ccc(-c2cc3c([C@@H](C)Nc4ccc(Cl)nc4C(=O)O)cc(C)cc3nc2-c2c(C)noc2C)cc1. The molecule has 0 amide bonds. The molecule has 2 N–H and O–H groups in total. The van der Waals surface area contributed by atoms with Crippen LogP contribution in [0.15, 0.2) is 59.1 Å². The summed E-state index contributed by atoms with van der Waals surface area (Å²) in [7, 11) is 1.64. The number of aryl methyl sites for hydroxylation is 3. The van der Waals surface area contributed by atoms with Crippen molar-refractivity contribution in [3.63, 3.8) is 0 Å². The zero-order chi connectivity index (χ0) is 27.8. The van der Waals surface area contributed by atoms with Gasteiger partial charge in [0.05, 0.1) is 35.3 Å². The summed E-state index contributed by atoms with van der Waals surface area (Å²) < 4.78 is 10.9. The summed E-state index contributed by atoms with van der Waals surface area (Å²) in [5.74, 6) is 0.286. The molecular weight excluding hydrogens is 516 g/mol. The Kier molecular flexibility index (Phi) is 6.97. The van der Waals surface area contributed by atoms with Crippen molar-refractivity contribution in [3.8, 4) is 28.1 Å². The quantitative estimate of drug-likeness (QED) is 0.204. The topological polar surface area (TPSA) is 110 Å². The van der Waals surface area contributed by atoms with Crippen molar-refractivity contribution in [2.45, 2.75) is 33.7 Å². The smallest absolute Gasteiger partial charge is 0.356 e. The van der Waals surface area contributed by atoms with Gasteiger partial charge in [-0.3, -0.25) is 0 Å². The van der Waals surface area contributed by atoms with Gasteiger partial charge < -0.3 is 19.7 Å². The fraction of sp³-hybridized carbons (Fsp3) is 0.200. The average molecular weight is 543 g/mol. The third-order valence-corrected chi connectivity index (χ3v) is 6.89. The lowest BCUT2D eigenvalue weighted by molar-refractivity contribution is 0.0691. The van der Waals surface area contributed by atoms with E-state index in [-0.39, 0.29) is 16.9 Å². The third-order valence-electron chi connectivity index (χ3n) is 6.68. The number of aromatic carboxylic acids is 1. The third kappa shape index (κ3) is 5.03. The summed E-state index contributed by atoms with van der Waals surface area (Å²) in [5, 5.41) is 18.2. The number of carbonyl (C=O) groups is 1. The fourth-order valence-electron chi connectivity index (χ4n) is 4.84. The molecular formula is C30H27ClN4O4. The van der Waals surface area contributed by atoms with E-state index in [1.54, 1.807) is 19.2 Å². The largest absolute Gasteiger partial charge is 0.497 e. The monoisotopic (exact) mass is 542 g/mol. The lowest BCUT2D eigenvalue weighted by Crippen LogP contribution is -2.13. The number of nitrogens with one attached hydrogen (secondary N) is 1. The van der Waals surface area contributed by atoms with Crippen molar-refractivity contribution in [3.05, 3.63) is 88.0 Å². The molecule has 39 heavy (non-hydrogen) atoms. The molecule has 9 heteroatoms. The first kappa shape index (κ1) is 26.2. The van der Waals surface area contributed by atoms with Crippen molar-refractivity contribution < 1.29 is 19.2 Å². The van der Waals surface area contributed by atoms with Crippen molar-refractivity contribution in [1.29, 1.82) is 0 Å². The van der Waals surface area contributed by atoms with Gasteiger partial charge in [0.25, 0.3) is 0 Å². The normalized spacial score (nSPS) is 11.9. The van der Waals surface area contributed by atoms with E-state index in [1.165, 1.54) is 0 Å². The maximum absolute atomic E-state index is 11.8. The molecule has 0 bridgehead atoms. The van der Waals surface area contributed by atoms with Gasteiger partial charge in [0.2, 0.25) is 0 Å². The van der Waals surface area contributed by atoms with Crippen LogP contribution in [0.2, 0.25) is 5.15 Å². The lowest BCUT2D eigenvalue weighted by atomic mass is 9.93. The highest BCUT2D eigenvalue weighted by molar-refractivity contribution is 6.29. The number of nitrogens with zero attached hydrogens (tertiary/aromatic N) is 3. The highest BCUT2D eigenvalue weighted by Gasteiger charge is 2.22.